The van der Waals surface area contributed by atoms with Crippen LogP contribution in [0.1, 0.15) is 32.6 Å². The highest BCUT2D eigenvalue weighted by atomic mass is 16.5. The van der Waals surface area contributed by atoms with Crippen molar-refractivity contribution >= 4 is 12.0 Å². The third-order valence-corrected chi connectivity index (χ3v) is 4.52. The van der Waals surface area contributed by atoms with Crippen molar-refractivity contribution in [2.24, 2.45) is 5.92 Å². The summed E-state index contributed by atoms with van der Waals surface area (Å²) in [5.74, 6) is -1.51. The molecule has 2 amide bonds. The van der Waals surface area contributed by atoms with E-state index in [1.807, 2.05) is 11.8 Å². The van der Waals surface area contributed by atoms with Crippen molar-refractivity contribution in [2.45, 2.75) is 44.7 Å². The summed E-state index contributed by atoms with van der Waals surface area (Å²) in [6.07, 6.45) is 4.44. The molecule has 0 spiro atoms. The van der Waals surface area contributed by atoms with Gasteiger partial charge in [-0.2, -0.15) is 0 Å². The van der Waals surface area contributed by atoms with E-state index in [0.29, 0.717) is 19.2 Å². The van der Waals surface area contributed by atoms with Crippen LogP contribution in [0.2, 0.25) is 0 Å². The second-order valence-electron chi connectivity index (χ2n) is 5.67. The molecule has 1 heterocycles. The normalized spacial score (nSPS) is 26.7. The van der Waals surface area contributed by atoms with Crippen molar-refractivity contribution in [3.8, 4) is 0 Å². The van der Waals surface area contributed by atoms with Gasteiger partial charge in [0.05, 0.1) is 19.3 Å². The molecule has 2 atom stereocenters. The van der Waals surface area contributed by atoms with Crippen LogP contribution in [-0.2, 0) is 9.53 Å². The van der Waals surface area contributed by atoms with E-state index >= 15 is 0 Å². The second kappa shape index (κ2) is 6.43. The SMILES string of the molecule is CCN(C(=O)N(C)C1COCC1C(=O)O)C1CCCC1. The Hall–Kier alpha value is -1.30. The van der Waals surface area contributed by atoms with Crippen LogP contribution in [0.15, 0.2) is 0 Å². The predicted octanol–water partition coefficient (Wildman–Crippen LogP) is 1.40. The molecule has 0 radical (unpaired) electrons. The van der Waals surface area contributed by atoms with Crippen molar-refractivity contribution in [2.75, 3.05) is 26.8 Å². The maximum Gasteiger partial charge on any atom is 0.320 e. The Balaban J connectivity index is 2.04. The van der Waals surface area contributed by atoms with Gasteiger partial charge >= 0.3 is 12.0 Å². The molecule has 2 rings (SSSR count). The summed E-state index contributed by atoms with van der Waals surface area (Å²) >= 11 is 0. The lowest BCUT2D eigenvalue weighted by molar-refractivity contribution is -0.142. The predicted molar refractivity (Wildman–Crippen MR) is 73.5 cm³/mol. The standard InChI is InChI=1S/C14H24N2O4/c1-3-16(10-6-4-5-7-10)14(19)15(2)12-9-20-8-11(12)13(17)18/h10-12H,3-9H2,1-2H3,(H,17,18). The van der Waals surface area contributed by atoms with Crippen LogP contribution in [0.25, 0.3) is 0 Å². The van der Waals surface area contributed by atoms with Crippen LogP contribution in [-0.4, -0.2) is 65.8 Å². The molecular weight excluding hydrogens is 260 g/mol. The average molecular weight is 284 g/mol. The molecule has 1 saturated heterocycles. The van der Waals surface area contributed by atoms with Crippen LogP contribution >= 0.6 is 0 Å². The Bertz CT molecular complexity index is 368. The van der Waals surface area contributed by atoms with Crippen LogP contribution in [0, 0.1) is 5.92 Å². The zero-order chi connectivity index (χ0) is 14.7. The van der Waals surface area contributed by atoms with Crippen LogP contribution in [0.5, 0.6) is 0 Å². The molecule has 2 fully saturated rings. The molecule has 2 aliphatic rings. The van der Waals surface area contributed by atoms with E-state index in [1.54, 1.807) is 11.9 Å². The average Bonchev–Trinajstić information content (AvgIpc) is 3.09. The van der Waals surface area contributed by atoms with Gasteiger partial charge in [-0.05, 0) is 19.8 Å². The fourth-order valence-electron chi connectivity index (χ4n) is 3.27. The van der Waals surface area contributed by atoms with Gasteiger partial charge in [-0.25, -0.2) is 4.79 Å². The Labute approximate surface area is 119 Å². The van der Waals surface area contributed by atoms with Crippen LogP contribution < -0.4 is 0 Å². The van der Waals surface area contributed by atoms with Gasteiger partial charge in [0.2, 0.25) is 0 Å². The molecule has 6 nitrogen and oxygen atoms in total. The van der Waals surface area contributed by atoms with E-state index in [2.05, 4.69) is 0 Å². The van der Waals surface area contributed by atoms with Crippen molar-refractivity contribution in [3.05, 3.63) is 0 Å². The molecule has 20 heavy (non-hydrogen) atoms. The number of urea groups is 1. The summed E-state index contributed by atoms with van der Waals surface area (Å²) < 4.78 is 5.25. The number of hydrogen-bond donors (Lipinski definition) is 1. The first-order chi connectivity index (χ1) is 9.56. The minimum Gasteiger partial charge on any atom is -0.481 e. The number of nitrogens with zero attached hydrogens (tertiary/aromatic N) is 2. The Morgan fingerprint density at radius 3 is 2.45 bits per heavy atom. The number of ether oxygens (including phenoxy) is 1. The molecule has 0 aromatic rings. The molecule has 6 heteroatoms. The Kier molecular flexibility index (Phi) is 4.86. The fourth-order valence-corrected chi connectivity index (χ4v) is 3.27. The van der Waals surface area contributed by atoms with Gasteiger partial charge in [-0.3, -0.25) is 4.79 Å². The molecule has 114 valence electrons. The van der Waals surface area contributed by atoms with E-state index in [1.165, 1.54) is 12.8 Å². The van der Waals surface area contributed by atoms with E-state index in [0.717, 1.165) is 12.8 Å². The molecule has 0 bridgehead atoms. The maximum atomic E-state index is 12.6. The van der Waals surface area contributed by atoms with Crippen LogP contribution in [0.4, 0.5) is 4.79 Å². The van der Waals surface area contributed by atoms with E-state index < -0.39 is 11.9 Å². The van der Waals surface area contributed by atoms with Gasteiger partial charge in [-0.15, -0.1) is 0 Å². The summed E-state index contributed by atoms with van der Waals surface area (Å²) in [5, 5.41) is 9.19. The first-order valence-corrected chi connectivity index (χ1v) is 7.40. The maximum absolute atomic E-state index is 12.6. The number of carbonyl (C=O) groups is 2. The second-order valence-corrected chi connectivity index (χ2v) is 5.67. The van der Waals surface area contributed by atoms with E-state index in [9.17, 15) is 14.7 Å². The van der Waals surface area contributed by atoms with Crippen LogP contribution in [0.3, 0.4) is 0 Å². The lowest BCUT2D eigenvalue weighted by atomic mass is 10.0. The minimum absolute atomic E-state index is 0.0684. The molecular formula is C14H24N2O4. The number of rotatable bonds is 4. The van der Waals surface area contributed by atoms with Gasteiger partial charge < -0.3 is 19.6 Å². The monoisotopic (exact) mass is 284 g/mol. The number of aliphatic carboxylic acids is 1. The Morgan fingerprint density at radius 2 is 1.90 bits per heavy atom. The van der Waals surface area contributed by atoms with Crippen molar-refractivity contribution in [1.29, 1.82) is 0 Å². The van der Waals surface area contributed by atoms with Crippen molar-refractivity contribution in [1.82, 2.24) is 9.80 Å². The Morgan fingerprint density at radius 1 is 1.25 bits per heavy atom. The summed E-state index contributed by atoms with van der Waals surface area (Å²) in [7, 11) is 1.69. The topological polar surface area (TPSA) is 70.1 Å². The first kappa shape index (κ1) is 15.1. The fraction of sp³-hybridized carbons (Fsp3) is 0.857. The van der Waals surface area contributed by atoms with Gasteiger partial charge in [0.15, 0.2) is 0 Å². The number of likely N-dealkylation sites (N-methyl/N-ethyl adjacent to an activating group) is 1. The van der Waals surface area contributed by atoms with Gasteiger partial charge in [0.1, 0.15) is 5.92 Å². The molecule has 2 unspecified atom stereocenters. The summed E-state index contributed by atoms with van der Waals surface area (Å²) in [4.78, 5) is 27.3. The zero-order valence-corrected chi connectivity index (χ0v) is 12.2. The number of amides is 2. The third kappa shape index (κ3) is 2.90. The largest absolute Gasteiger partial charge is 0.481 e. The van der Waals surface area contributed by atoms with Crippen molar-refractivity contribution in [3.63, 3.8) is 0 Å². The van der Waals surface area contributed by atoms with E-state index in [-0.39, 0.29) is 18.7 Å². The molecule has 1 N–H and O–H groups in total. The van der Waals surface area contributed by atoms with Crippen molar-refractivity contribution < 1.29 is 19.4 Å². The summed E-state index contributed by atoms with van der Waals surface area (Å²) in [6, 6.07) is -0.128. The molecule has 0 aromatic carbocycles. The number of carbonyl (C=O) groups excluding carboxylic acids is 1. The summed E-state index contributed by atoms with van der Waals surface area (Å²) in [6.45, 7) is 3.14. The third-order valence-electron chi connectivity index (χ3n) is 4.52. The number of carboxylic acids is 1. The highest BCUT2D eigenvalue weighted by Crippen LogP contribution is 2.26. The molecule has 1 aliphatic heterocycles. The summed E-state index contributed by atoms with van der Waals surface area (Å²) in [5.41, 5.74) is 0. The highest BCUT2D eigenvalue weighted by molar-refractivity contribution is 5.77. The minimum atomic E-state index is -0.893. The number of carboxylic acid groups (broad SMARTS) is 1. The zero-order valence-electron chi connectivity index (χ0n) is 12.2. The quantitative estimate of drug-likeness (QED) is 0.847. The first-order valence-electron chi connectivity index (χ1n) is 7.40. The van der Waals surface area contributed by atoms with Gasteiger partial charge in [0, 0.05) is 19.6 Å². The lowest BCUT2D eigenvalue weighted by Gasteiger charge is -2.35. The number of hydrogen-bond acceptors (Lipinski definition) is 3. The molecule has 1 saturated carbocycles. The van der Waals surface area contributed by atoms with Gasteiger partial charge in [-0.1, -0.05) is 12.8 Å². The molecule has 0 aromatic heterocycles. The molecule has 1 aliphatic carbocycles. The smallest absolute Gasteiger partial charge is 0.320 e. The van der Waals surface area contributed by atoms with E-state index in [4.69, 9.17) is 4.74 Å². The van der Waals surface area contributed by atoms with Gasteiger partial charge in [0.25, 0.3) is 0 Å². The lowest BCUT2D eigenvalue weighted by Crippen LogP contribution is -2.52. The highest BCUT2D eigenvalue weighted by Gasteiger charge is 2.40.